The second kappa shape index (κ2) is 7.09. The van der Waals surface area contributed by atoms with Crippen molar-refractivity contribution in [2.75, 3.05) is 5.32 Å². The lowest BCUT2D eigenvalue weighted by Gasteiger charge is -2.24. The molecule has 2 N–H and O–H groups in total. The predicted molar refractivity (Wildman–Crippen MR) is 90.5 cm³/mol. The van der Waals surface area contributed by atoms with Crippen molar-refractivity contribution in [3.8, 4) is 0 Å². The molecule has 0 aliphatic rings. The second-order valence-corrected chi connectivity index (χ2v) is 6.20. The molecule has 0 saturated heterocycles. The number of hydrogen-bond acceptors (Lipinski definition) is 2. The van der Waals surface area contributed by atoms with E-state index in [0.717, 1.165) is 5.56 Å². The Bertz CT molecular complexity index is 693. The molecule has 0 aliphatic heterocycles. The SMILES string of the molecule is CC(C)(CC(=O)Nc1ccccc1CC(=O)O)c1ccccc1. The number of anilines is 1. The highest BCUT2D eigenvalue weighted by Crippen LogP contribution is 2.27. The van der Waals surface area contributed by atoms with Crippen LogP contribution in [0.2, 0.25) is 0 Å². The molecule has 0 unspecified atom stereocenters. The summed E-state index contributed by atoms with van der Waals surface area (Å²) in [5.41, 5.74) is 1.95. The number of benzene rings is 2. The molecule has 2 rings (SSSR count). The number of carbonyl (C=O) groups is 2. The first-order valence-electron chi connectivity index (χ1n) is 7.53. The van der Waals surface area contributed by atoms with E-state index in [2.05, 4.69) is 5.32 Å². The van der Waals surface area contributed by atoms with Gasteiger partial charge in [0.2, 0.25) is 5.91 Å². The van der Waals surface area contributed by atoms with E-state index < -0.39 is 5.97 Å². The van der Waals surface area contributed by atoms with Crippen molar-refractivity contribution in [1.82, 2.24) is 0 Å². The lowest BCUT2D eigenvalue weighted by molar-refractivity contribution is -0.136. The van der Waals surface area contributed by atoms with Gasteiger partial charge in [-0.05, 0) is 22.6 Å². The van der Waals surface area contributed by atoms with E-state index in [9.17, 15) is 9.59 Å². The predicted octanol–water partition coefficient (Wildman–Crippen LogP) is 3.62. The molecule has 0 fully saturated rings. The third-order valence-corrected chi connectivity index (χ3v) is 3.79. The Hall–Kier alpha value is -2.62. The third kappa shape index (κ3) is 4.68. The second-order valence-electron chi connectivity index (χ2n) is 6.20. The average molecular weight is 311 g/mol. The average Bonchev–Trinajstić information content (AvgIpc) is 2.49. The van der Waals surface area contributed by atoms with E-state index in [1.165, 1.54) is 0 Å². The largest absolute Gasteiger partial charge is 0.481 e. The molecule has 0 atom stereocenters. The van der Waals surface area contributed by atoms with Crippen LogP contribution in [-0.4, -0.2) is 17.0 Å². The van der Waals surface area contributed by atoms with Gasteiger partial charge in [-0.1, -0.05) is 62.4 Å². The molecule has 23 heavy (non-hydrogen) atoms. The van der Waals surface area contributed by atoms with Crippen LogP contribution < -0.4 is 5.32 Å². The Morgan fingerprint density at radius 3 is 2.26 bits per heavy atom. The summed E-state index contributed by atoms with van der Waals surface area (Å²) in [6, 6.07) is 16.9. The fourth-order valence-electron chi connectivity index (χ4n) is 2.55. The van der Waals surface area contributed by atoms with E-state index in [0.29, 0.717) is 17.7 Å². The molecule has 0 radical (unpaired) electrons. The van der Waals surface area contributed by atoms with Crippen molar-refractivity contribution in [3.63, 3.8) is 0 Å². The Labute approximate surface area is 136 Å². The van der Waals surface area contributed by atoms with Crippen molar-refractivity contribution in [2.24, 2.45) is 0 Å². The van der Waals surface area contributed by atoms with Crippen LogP contribution in [0.1, 0.15) is 31.4 Å². The number of carboxylic acid groups (broad SMARTS) is 1. The molecule has 1 amide bonds. The molecule has 0 aromatic heterocycles. The highest BCUT2D eigenvalue weighted by atomic mass is 16.4. The van der Waals surface area contributed by atoms with Crippen LogP contribution in [0.4, 0.5) is 5.69 Å². The van der Waals surface area contributed by atoms with Crippen LogP contribution in [0.25, 0.3) is 0 Å². The monoisotopic (exact) mass is 311 g/mol. The third-order valence-electron chi connectivity index (χ3n) is 3.79. The van der Waals surface area contributed by atoms with E-state index in [-0.39, 0.29) is 17.7 Å². The molecule has 0 aliphatic carbocycles. The molecule has 4 nitrogen and oxygen atoms in total. The van der Waals surface area contributed by atoms with E-state index in [1.807, 2.05) is 44.2 Å². The van der Waals surface area contributed by atoms with Gasteiger partial charge in [0.15, 0.2) is 0 Å². The maximum Gasteiger partial charge on any atom is 0.307 e. The van der Waals surface area contributed by atoms with Crippen LogP contribution in [0.5, 0.6) is 0 Å². The van der Waals surface area contributed by atoms with Gasteiger partial charge in [-0.25, -0.2) is 0 Å². The number of carboxylic acids is 1. The molecule has 4 heteroatoms. The Kier molecular flexibility index (Phi) is 5.16. The molecule has 2 aromatic carbocycles. The van der Waals surface area contributed by atoms with Gasteiger partial charge in [0.25, 0.3) is 0 Å². The van der Waals surface area contributed by atoms with E-state index in [1.54, 1.807) is 24.3 Å². The van der Waals surface area contributed by atoms with Crippen LogP contribution >= 0.6 is 0 Å². The van der Waals surface area contributed by atoms with Gasteiger partial charge in [0.1, 0.15) is 0 Å². The molecule has 0 heterocycles. The van der Waals surface area contributed by atoms with Crippen molar-refractivity contribution in [2.45, 2.75) is 32.1 Å². The Balaban J connectivity index is 2.10. The maximum absolute atomic E-state index is 12.4. The summed E-state index contributed by atoms with van der Waals surface area (Å²) in [4.78, 5) is 23.3. The van der Waals surface area contributed by atoms with Crippen molar-refractivity contribution >= 4 is 17.6 Å². The van der Waals surface area contributed by atoms with E-state index >= 15 is 0 Å². The topological polar surface area (TPSA) is 66.4 Å². The summed E-state index contributed by atoms with van der Waals surface area (Å²) in [6.45, 7) is 4.04. The van der Waals surface area contributed by atoms with Gasteiger partial charge in [-0.2, -0.15) is 0 Å². The van der Waals surface area contributed by atoms with Crippen molar-refractivity contribution < 1.29 is 14.7 Å². The normalized spacial score (nSPS) is 11.0. The molecule has 0 saturated carbocycles. The first-order chi connectivity index (χ1) is 10.9. The first kappa shape index (κ1) is 16.7. The van der Waals surface area contributed by atoms with Gasteiger partial charge < -0.3 is 10.4 Å². The maximum atomic E-state index is 12.4. The van der Waals surface area contributed by atoms with Crippen molar-refractivity contribution in [3.05, 3.63) is 65.7 Å². The minimum Gasteiger partial charge on any atom is -0.481 e. The smallest absolute Gasteiger partial charge is 0.307 e. The quantitative estimate of drug-likeness (QED) is 0.856. The summed E-state index contributed by atoms with van der Waals surface area (Å²) >= 11 is 0. The number of hydrogen-bond donors (Lipinski definition) is 2. The molecule has 0 spiro atoms. The summed E-state index contributed by atoms with van der Waals surface area (Å²) in [6.07, 6.45) is 0.205. The lowest BCUT2D eigenvalue weighted by atomic mass is 9.81. The summed E-state index contributed by atoms with van der Waals surface area (Å²) in [5, 5.41) is 11.8. The number of para-hydroxylation sites is 1. The minimum atomic E-state index is -0.920. The fourth-order valence-corrected chi connectivity index (χ4v) is 2.55. The van der Waals surface area contributed by atoms with Gasteiger partial charge in [0.05, 0.1) is 6.42 Å². The Morgan fingerprint density at radius 1 is 1.00 bits per heavy atom. The van der Waals surface area contributed by atoms with Gasteiger partial charge in [-0.15, -0.1) is 0 Å². The van der Waals surface area contributed by atoms with Crippen LogP contribution in [0.15, 0.2) is 54.6 Å². The molecule has 2 aromatic rings. The van der Waals surface area contributed by atoms with Crippen LogP contribution in [0, 0.1) is 0 Å². The number of aliphatic carboxylic acids is 1. The zero-order chi connectivity index (χ0) is 16.9. The summed E-state index contributed by atoms with van der Waals surface area (Å²) in [7, 11) is 0. The van der Waals surface area contributed by atoms with Crippen LogP contribution in [0.3, 0.4) is 0 Å². The van der Waals surface area contributed by atoms with E-state index in [4.69, 9.17) is 5.11 Å². The zero-order valence-corrected chi connectivity index (χ0v) is 13.4. The highest BCUT2D eigenvalue weighted by Gasteiger charge is 2.24. The molecular weight excluding hydrogens is 290 g/mol. The van der Waals surface area contributed by atoms with Crippen LogP contribution in [-0.2, 0) is 21.4 Å². The van der Waals surface area contributed by atoms with Gasteiger partial charge in [0, 0.05) is 12.1 Å². The first-order valence-corrected chi connectivity index (χ1v) is 7.53. The highest BCUT2D eigenvalue weighted by molar-refractivity contribution is 5.93. The van der Waals surface area contributed by atoms with Crippen molar-refractivity contribution in [1.29, 1.82) is 0 Å². The number of nitrogens with one attached hydrogen (secondary N) is 1. The number of amides is 1. The lowest BCUT2D eigenvalue weighted by Crippen LogP contribution is -2.26. The minimum absolute atomic E-state index is 0.113. The zero-order valence-electron chi connectivity index (χ0n) is 13.4. The number of rotatable bonds is 6. The standard InChI is InChI=1S/C19H21NO3/c1-19(2,15-9-4-3-5-10-15)13-17(21)20-16-11-7-6-8-14(16)12-18(22)23/h3-11H,12-13H2,1-2H3,(H,20,21)(H,22,23). The van der Waals surface area contributed by atoms with Gasteiger partial charge in [-0.3, -0.25) is 9.59 Å². The van der Waals surface area contributed by atoms with Gasteiger partial charge >= 0.3 is 5.97 Å². The fraction of sp³-hybridized carbons (Fsp3) is 0.263. The summed E-state index contributed by atoms with van der Waals surface area (Å²) < 4.78 is 0. The Morgan fingerprint density at radius 2 is 1.61 bits per heavy atom. The molecule has 120 valence electrons. The summed E-state index contributed by atoms with van der Waals surface area (Å²) in [5.74, 6) is -1.05. The molecule has 0 bridgehead atoms. The number of carbonyl (C=O) groups excluding carboxylic acids is 1. The molecular formula is C19H21NO3.